The van der Waals surface area contributed by atoms with Crippen LogP contribution in [-0.2, 0) is 22.8 Å². The van der Waals surface area contributed by atoms with Crippen LogP contribution in [0, 0.1) is 0 Å². The van der Waals surface area contributed by atoms with Crippen LogP contribution in [-0.4, -0.2) is 35.2 Å². The smallest absolute Gasteiger partial charge is 0.182 e. The van der Waals surface area contributed by atoms with Crippen LogP contribution in [0.15, 0.2) is 102 Å². The van der Waals surface area contributed by atoms with Crippen molar-refractivity contribution in [3.05, 3.63) is 114 Å². The van der Waals surface area contributed by atoms with Gasteiger partial charge in [0.15, 0.2) is 9.84 Å². The standard InChI is InChI=1S/C27H28N4O2S/c1-21(22-10-4-2-5-11-22)30-19-26(34(32,33)25-13-6-3-7-14-25)16-23-12-8-9-15-27(23)31(30)18-24-17-28-20-29-24/h2-15,17,20-21,26H,16,18-19H2,1H3,(H,28,29). The summed E-state index contributed by atoms with van der Waals surface area (Å²) in [7, 11) is -3.55. The van der Waals surface area contributed by atoms with Crippen molar-refractivity contribution in [3.63, 3.8) is 0 Å². The Labute approximate surface area is 200 Å². The molecule has 0 bridgehead atoms. The summed E-state index contributed by atoms with van der Waals surface area (Å²) < 4.78 is 27.6. The third kappa shape index (κ3) is 4.36. The average Bonchev–Trinajstić information content (AvgIpc) is 3.33. The van der Waals surface area contributed by atoms with E-state index in [0.29, 0.717) is 24.4 Å². The van der Waals surface area contributed by atoms with E-state index in [1.165, 1.54) is 0 Å². The van der Waals surface area contributed by atoms with Gasteiger partial charge in [-0.15, -0.1) is 0 Å². The summed E-state index contributed by atoms with van der Waals surface area (Å²) in [5.74, 6) is 0. The molecule has 174 valence electrons. The molecular weight excluding hydrogens is 444 g/mol. The second-order valence-corrected chi connectivity index (χ2v) is 10.9. The molecule has 0 saturated heterocycles. The van der Waals surface area contributed by atoms with E-state index in [1.54, 1.807) is 30.6 Å². The summed E-state index contributed by atoms with van der Waals surface area (Å²) >= 11 is 0. The molecule has 5 rings (SSSR count). The number of hydrogen-bond acceptors (Lipinski definition) is 5. The van der Waals surface area contributed by atoms with Crippen LogP contribution in [0.5, 0.6) is 0 Å². The van der Waals surface area contributed by atoms with Crippen molar-refractivity contribution in [2.24, 2.45) is 0 Å². The maximum Gasteiger partial charge on any atom is 0.182 e. The number of rotatable bonds is 6. The van der Waals surface area contributed by atoms with Crippen LogP contribution >= 0.6 is 0 Å². The molecule has 2 atom stereocenters. The molecule has 0 saturated carbocycles. The highest BCUT2D eigenvalue weighted by Gasteiger charge is 2.37. The van der Waals surface area contributed by atoms with Crippen LogP contribution in [0.2, 0.25) is 0 Å². The van der Waals surface area contributed by atoms with Gasteiger partial charge < -0.3 is 4.98 Å². The molecule has 1 aliphatic rings. The van der Waals surface area contributed by atoms with E-state index < -0.39 is 15.1 Å². The fraction of sp³-hybridized carbons (Fsp3) is 0.222. The number of aromatic nitrogens is 2. The van der Waals surface area contributed by atoms with E-state index >= 15 is 0 Å². The lowest BCUT2D eigenvalue weighted by molar-refractivity contribution is 0.188. The van der Waals surface area contributed by atoms with Crippen LogP contribution in [0.25, 0.3) is 0 Å². The van der Waals surface area contributed by atoms with Crippen LogP contribution in [0.4, 0.5) is 5.69 Å². The number of aromatic amines is 1. The second-order valence-electron chi connectivity index (χ2n) is 8.64. The van der Waals surface area contributed by atoms with Gasteiger partial charge in [0.05, 0.1) is 40.4 Å². The molecule has 3 aromatic carbocycles. The molecule has 0 radical (unpaired) electrons. The highest BCUT2D eigenvalue weighted by molar-refractivity contribution is 7.92. The lowest BCUT2D eigenvalue weighted by atomic mass is 10.1. The van der Waals surface area contributed by atoms with Crippen molar-refractivity contribution < 1.29 is 8.42 Å². The second kappa shape index (κ2) is 9.44. The monoisotopic (exact) mass is 472 g/mol. The number of nitrogens with zero attached hydrogens (tertiary/aromatic N) is 3. The Morgan fingerprint density at radius 3 is 2.35 bits per heavy atom. The summed E-state index contributed by atoms with van der Waals surface area (Å²) in [5.41, 5.74) is 4.05. The van der Waals surface area contributed by atoms with Crippen molar-refractivity contribution in [3.8, 4) is 0 Å². The Balaban J connectivity index is 1.63. The first-order valence-corrected chi connectivity index (χ1v) is 13.0. The minimum Gasteiger partial charge on any atom is -0.351 e. The first-order chi connectivity index (χ1) is 16.5. The number of fused-ring (bicyclic) bond motifs is 1. The number of benzene rings is 3. The molecule has 1 aromatic heterocycles. The van der Waals surface area contributed by atoms with E-state index in [1.807, 2.05) is 48.7 Å². The Kier molecular flexibility index (Phi) is 6.22. The number of nitrogens with one attached hydrogen (secondary N) is 1. The topological polar surface area (TPSA) is 69.3 Å². The van der Waals surface area contributed by atoms with Crippen molar-refractivity contribution >= 4 is 15.5 Å². The average molecular weight is 473 g/mol. The van der Waals surface area contributed by atoms with Crippen molar-refractivity contribution in [1.82, 2.24) is 15.0 Å². The molecule has 4 aromatic rings. The van der Waals surface area contributed by atoms with Gasteiger partial charge in [-0.25, -0.2) is 18.4 Å². The van der Waals surface area contributed by atoms with Crippen LogP contribution in [0.3, 0.4) is 0 Å². The highest BCUT2D eigenvalue weighted by Crippen LogP contribution is 2.36. The zero-order valence-corrected chi connectivity index (χ0v) is 19.9. The van der Waals surface area contributed by atoms with E-state index in [2.05, 4.69) is 45.1 Å². The predicted octanol–water partition coefficient (Wildman–Crippen LogP) is 4.79. The zero-order valence-electron chi connectivity index (χ0n) is 19.1. The summed E-state index contributed by atoms with van der Waals surface area (Å²) in [6.45, 7) is 3.04. The first-order valence-electron chi connectivity index (χ1n) is 11.5. The molecule has 2 heterocycles. The first kappa shape index (κ1) is 22.4. The summed E-state index contributed by atoms with van der Waals surface area (Å²) in [4.78, 5) is 7.86. The SMILES string of the molecule is CC(c1ccccc1)N1CC(S(=O)(=O)c2ccccc2)Cc2ccccc2N1Cc1c[nH]cn1. The molecule has 0 fully saturated rings. The van der Waals surface area contributed by atoms with Gasteiger partial charge in [-0.1, -0.05) is 66.7 Å². The lowest BCUT2D eigenvalue weighted by Crippen LogP contribution is -2.47. The van der Waals surface area contributed by atoms with Gasteiger partial charge in [-0.3, -0.25) is 5.01 Å². The maximum atomic E-state index is 13.8. The molecule has 0 aliphatic carbocycles. The molecule has 2 unspecified atom stereocenters. The van der Waals surface area contributed by atoms with E-state index in [4.69, 9.17) is 0 Å². The maximum absolute atomic E-state index is 13.8. The Hall–Kier alpha value is -3.42. The van der Waals surface area contributed by atoms with Gasteiger partial charge in [0.25, 0.3) is 0 Å². The molecular formula is C27H28N4O2S. The fourth-order valence-electron chi connectivity index (χ4n) is 4.68. The molecule has 1 aliphatic heterocycles. The number of H-pyrrole nitrogens is 1. The van der Waals surface area contributed by atoms with Gasteiger partial charge in [0.1, 0.15) is 0 Å². The zero-order chi connectivity index (χ0) is 23.5. The third-order valence-electron chi connectivity index (χ3n) is 6.52. The fourth-order valence-corrected chi connectivity index (χ4v) is 6.35. The van der Waals surface area contributed by atoms with Gasteiger partial charge in [-0.05, 0) is 42.7 Å². The number of sulfone groups is 1. The molecule has 7 heteroatoms. The molecule has 34 heavy (non-hydrogen) atoms. The Bertz CT molecular complexity index is 1330. The molecule has 6 nitrogen and oxygen atoms in total. The lowest BCUT2D eigenvalue weighted by Gasteiger charge is -2.40. The van der Waals surface area contributed by atoms with E-state index in [9.17, 15) is 8.42 Å². The number of para-hydroxylation sites is 1. The van der Waals surface area contributed by atoms with E-state index in [-0.39, 0.29) is 6.04 Å². The van der Waals surface area contributed by atoms with Crippen LogP contribution < -0.4 is 5.01 Å². The predicted molar refractivity (Wildman–Crippen MR) is 134 cm³/mol. The van der Waals surface area contributed by atoms with Crippen LogP contribution in [0.1, 0.15) is 29.8 Å². The molecule has 1 N–H and O–H groups in total. The largest absolute Gasteiger partial charge is 0.351 e. The van der Waals surface area contributed by atoms with Gasteiger partial charge in [-0.2, -0.15) is 0 Å². The molecule has 0 amide bonds. The summed E-state index contributed by atoms with van der Waals surface area (Å²) in [6, 6.07) is 27.1. The van der Waals surface area contributed by atoms with Gasteiger partial charge in [0.2, 0.25) is 0 Å². The Morgan fingerprint density at radius 1 is 0.971 bits per heavy atom. The van der Waals surface area contributed by atoms with E-state index in [0.717, 1.165) is 22.5 Å². The summed E-state index contributed by atoms with van der Waals surface area (Å²) in [5, 5.41) is 3.80. The third-order valence-corrected chi connectivity index (χ3v) is 8.65. The molecule has 0 spiro atoms. The minimum absolute atomic E-state index is 0.0419. The number of anilines is 1. The van der Waals surface area contributed by atoms with Crippen molar-refractivity contribution in [1.29, 1.82) is 0 Å². The highest BCUT2D eigenvalue weighted by atomic mass is 32.2. The summed E-state index contributed by atoms with van der Waals surface area (Å²) in [6.07, 6.45) is 4.01. The van der Waals surface area contributed by atoms with Crippen molar-refractivity contribution in [2.75, 3.05) is 11.6 Å². The van der Waals surface area contributed by atoms with Crippen molar-refractivity contribution in [2.45, 2.75) is 36.1 Å². The normalized spacial score (nSPS) is 17.7. The quantitative estimate of drug-likeness (QED) is 0.437. The van der Waals surface area contributed by atoms with Gasteiger partial charge >= 0.3 is 0 Å². The number of hydrazine groups is 1. The van der Waals surface area contributed by atoms with Gasteiger partial charge in [0, 0.05) is 12.7 Å². The number of imidazole rings is 1. The minimum atomic E-state index is -3.55. The number of hydrogen-bond donors (Lipinski definition) is 1. The Morgan fingerprint density at radius 2 is 1.65 bits per heavy atom.